The molecular formula is C40H38F3NO5S. The third-order valence-electron chi connectivity index (χ3n) is 10.1. The van der Waals surface area contributed by atoms with Gasteiger partial charge >= 0.3 is 15.6 Å². The summed E-state index contributed by atoms with van der Waals surface area (Å²) in [7, 11) is -2.82. The molecule has 50 heavy (non-hydrogen) atoms. The van der Waals surface area contributed by atoms with Gasteiger partial charge in [-0.15, -0.1) is 0 Å². The first-order chi connectivity index (χ1) is 24.1. The molecule has 1 aliphatic carbocycles. The third kappa shape index (κ3) is 6.20. The normalized spacial score (nSPS) is 18.6. The second-order valence-electron chi connectivity index (χ2n) is 12.9. The number of methoxy groups -OCH3 is 2. The minimum Gasteiger partial charge on any atom is -0.497 e. The van der Waals surface area contributed by atoms with Crippen LogP contribution >= 0.6 is 0 Å². The van der Waals surface area contributed by atoms with Crippen molar-refractivity contribution in [1.82, 2.24) is 4.90 Å². The summed E-state index contributed by atoms with van der Waals surface area (Å²) in [4.78, 5) is 2.24. The number of benzene rings is 5. The van der Waals surface area contributed by atoms with Crippen LogP contribution in [0.4, 0.5) is 13.2 Å². The Morgan fingerprint density at radius 1 is 0.720 bits per heavy atom. The lowest BCUT2D eigenvalue weighted by molar-refractivity contribution is -0.0500. The Bertz CT molecular complexity index is 2100. The van der Waals surface area contributed by atoms with Crippen molar-refractivity contribution >= 4 is 20.9 Å². The van der Waals surface area contributed by atoms with Crippen LogP contribution in [0.25, 0.3) is 10.8 Å². The summed E-state index contributed by atoms with van der Waals surface area (Å²) >= 11 is 0. The van der Waals surface area contributed by atoms with Crippen LogP contribution in [0.15, 0.2) is 103 Å². The Labute approximate surface area is 290 Å². The molecule has 2 aliphatic rings. The van der Waals surface area contributed by atoms with Gasteiger partial charge in [0.05, 0.1) is 26.3 Å². The highest BCUT2D eigenvalue weighted by atomic mass is 32.2. The van der Waals surface area contributed by atoms with Gasteiger partial charge in [-0.25, -0.2) is 0 Å². The molecule has 0 saturated heterocycles. The van der Waals surface area contributed by atoms with Crippen molar-refractivity contribution in [3.05, 3.63) is 137 Å². The van der Waals surface area contributed by atoms with E-state index in [0.29, 0.717) is 23.6 Å². The summed E-state index contributed by atoms with van der Waals surface area (Å²) < 4.78 is 83.6. The van der Waals surface area contributed by atoms with Gasteiger partial charge in [-0.05, 0) is 63.9 Å². The van der Waals surface area contributed by atoms with Crippen molar-refractivity contribution in [2.24, 2.45) is 0 Å². The molecule has 2 atom stereocenters. The number of halogens is 3. The smallest absolute Gasteiger partial charge is 0.497 e. The summed E-state index contributed by atoms with van der Waals surface area (Å²) in [6, 6.07) is 31.3. The predicted octanol–water partition coefficient (Wildman–Crippen LogP) is 9.83. The molecular weight excluding hydrogens is 664 g/mol. The van der Waals surface area contributed by atoms with Gasteiger partial charge in [0, 0.05) is 23.7 Å². The first-order valence-electron chi connectivity index (χ1n) is 16.8. The zero-order valence-corrected chi connectivity index (χ0v) is 28.6. The van der Waals surface area contributed by atoms with Crippen molar-refractivity contribution in [3.8, 4) is 17.2 Å². The maximum atomic E-state index is 13.9. The van der Waals surface area contributed by atoms with Gasteiger partial charge < -0.3 is 13.7 Å². The zero-order chi connectivity index (χ0) is 35.0. The van der Waals surface area contributed by atoms with Crippen LogP contribution in [0.2, 0.25) is 0 Å². The first kappa shape index (κ1) is 33.9. The fraction of sp³-hybridized carbons (Fsp3) is 0.300. The molecule has 0 unspecified atom stereocenters. The van der Waals surface area contributed by atoms with E-state index in [9.17, 15) is 21.6 Å². The van der Waals surface area contributed by atoms with Gasteiger partial charge in [0.1, 0.15) is 17.2 Å². The largest absolute Gasteiger partial charge is 0.534 e. The minimum absolute atomic E-state index is 0.233. The SMILES string of the molecule is COc1ccc(CN2[C@H](c3ccccc3)c3c(OS(=O)(=O)C(F)(F)F)ccc4ccc(C5CCCCC5)c(c34)[C@@H]2c2ccccc2)c(OC)c1. The van der Waals surface area contributed by atoms with Crippen LogP contribution in [0, 0.1) is 0 Å². The van der Waals surface area contributed by atoms with Crippen molar-refractivity contribution in [2.45, 2.75) is 62.2 Å². The van der Waals surface area contributed by atoms with E-state index in [1.54, 1.807) is 26.4 Å². The van der Waals surface area contributed by atoms with Crippen LogP contribution in [-0.4, -0.2) is 33.0 Å². The molecule has 1 heterocycles. The average molecular weight is 702 g/mol. The number of hydrogen-bond acceptors (Lipinski definition) is 6. The highest BCUT2D eigenvalue weighted by Gasteiger charge is 2.50. The summed E-state index contributed by atoms with van der Waals surface area (Å²) in [5.74, 6) is 1.09. The van der Waals surface area contributed by atoms with Crippen LogP contribution in [0.1, 0.15) is 83.5 Å². The molecule has 0 N–H and O–H groups in total. The minimum atomic E-state index is -5.99. The highest BCUT2D eigenvalue weighted by Crippen LogP contribution is 2.55. The average Bonchev–Trinajstić information content (AvgIpc) is 3.13. The fourth-order valence-corrected chi connectivity index (χ4v) is 8.35. The van der Waals surface area contributed by atoms with Gasteiger partial charge in [-0.3, -0.25) is 4.90 Å². The van der Waals surface area contributed by atoms with Gasteiger partial charge in [0.15, 0.2) is 0 Å². The lowest BCUT2D eigenvalue weighted by atomic mass is 9.73. The maximum Gasteiger partial charge on any atom is 0.534 e. The van der Waals surface area contributed by atoms with E-state index in [1.807, 2.05) is 66.7 Å². The number of alkyl halides is 3. The van der Waals surface area contributed by atoms with Crippen molar-refractivity contribution < 1.29 is 35.2 Å². The van der Waals surface area contributed by atoms with E-state index in [1.165, 1.54) is 6.07 Å². The van der Waals surface area contributed by atoms with Gasteiger partial charge in [-0.2, -0.15) is 21.6 Å². The topological polar surface area (TPSA) is 65.1 Å². The number of rotatable bonds is 9. The Morgan fingerprint density at radius 2 is 1.34 bits per heavy atom. The van der Waals surface area contributed by atoms with Crippen molar-refractivity contribution in [1.29, 1.82) is 0 Å². The number of nitrogens with zero attached hydrogens (tertiary/aromatic N) is 1. The quantitative estimate of drug-likeness (QED) is 0.113. The summed E-state index contributed by atoms with van der Waals surface area (Å²) in [6.07, 6.45) is 5.29. The molecule has 1 saturated carbocycles. The third-order valence-corrected chi connectivity index (χ3v) is 11.0. The lowest BCUT2D eigenvalue weighted by Gasteiger charge is -2.46. The van der Waals surface area contributed by atoms with Gasteiger partial charge in [-0.1, -0.05) is 104 Å². The molecule has 5 aromatic carbocycles. The van der Waals surface area contributed by atoms with Crippen LogP contribution in [-0.2, 0) is 16.7 Å². The standard InChI is InChI=1S/C40H38F3NO5S/c1-47-31-21-18-30(34(24-31)48-2)25-44-38(28-14-8-4-9-15-28)36-32(26-12-6-3-7-13-26)22-19-27-20-23-33(49-50(45,46)40(41,42)43)37(35(27)36)39(44)29-16-10-5-11-17-29/h4-5,8-11,14-24,26,38-39H,3,6-7,12-13,25H2,1-2H3/t38-,39+/m0/s1. The summed E-state index contributed by atoms with van der Waals surface area (Å²) in [6.45, 7) is 0.298. The van der Waals surface area contributed by atoms with Crippen molar-refractivity contribution in [2.75, 3.05) is 14.2 Å². The van der Waals surface area contributed by atoms with E-state index < -0.39 is 21.7 Å². The second-order valence-corrected chi connectivity index (χ2v) is 14.5. The van der Waals surface area contributed by atoms with Crippen LogP contribution < -0.4 is 13.7 Å². The van der Waals surface area contributed by atoms with Crippen LogP contribution in [0.5, 0.6) is 17.2 Å². The molecule has 1 aliphatic heterocycles. The number of hydrogen-bond donors (Lipinski definition) is 0. The van der Waals surface area contributed by atoms with Gasteiger partial charge in [0.2, 0.25) is 0 Å². The molecule has 0 spiro atoms. The summed E-state index contributed by atoms with van der Waals surface area (Å²) in [5, 5.41) is 1.53. The Hall–Kier alpha value is -4.54. The molecule has 6 nitrogen and oxygen atoms in total. The van der Waals surface area contributed by atoms with E-state index in [2.05, 4.69) is 23.1 Å². The first-order valence-corrected chi connectivity index (χ1v) is 18.2. The van der Waals surface area contributed by atoms with E-state index >= 15 is 0 Å². The predicted molar refractivity (Wildman–Crippen MR) is 187 cm³/mol. The molecule has 260 valence electrons. The summed E-state index contributed by atoms with van der Waals surface area (Å²) in [5.41, 5.74) is -0.533. The van der Waals surface area contributed by atoms with E-state index in [0.717, 1.165) is 70.7 Å². The Balaban J connectivity index is 1.59. The molecule has 1 fully saturated rings. The molecule has 0 radical (unpaired) electrons. The highest BCUT2D eigenvalue weighted by molar-refractivity contribution is 7.88. The Morgan fingerprint density at radius 3 is 1.94 bits per heavy atom. The Kier molecular flexibility index (Phi) is 9.26. The molecule has 0 bridgehead atoms. The zero-order valence-electron chi connectivity index (χ0n) is 27.8. The van der Waals surface area contributed by atoms with E-state index in [-0.39, 0.29) is 17.7 Å². The number of ether oxygens (including phenoxy) is 2. The molecule has 0 aromatic heterocycles. The van der Waals surface area contributed by atoms with Crippen LogP contribution in [0.3, 0.4) is 0 Å². The fourth-order valence-electron chi connectivity index (χ4n) is 7.87. The van der Waals surface area contributed by atoms with Gasteiger partial charge in [0.25, 0.3) is 0 Å². The van der Waals surface area contributed by atoms with Crippen molar-refractivity contribution in [3.63, 3.8) is 0 Å². The second kappa shape index (κ2) is 13.6. The molecule has 7 rings (SSSR count). The molecule has 0 amide bonds. The monoisotopic (exact) mass is 701 g/mol. The maximum absolute atomic E-state index is 13.9. The van der Waals surface area contributed by atoms with E-state index in [4.69, 9.17) is 13.7 Å². The lowest BCUT2D eigenvalue weighted by Crippen LogP contribution is -2.39. The molecule has 5 aromatic rings. The molecule has 10 heteroatoms.